The summed E-state index contributed by atoms with van der Waals surface area (Å²) in [5.41, 5.74) is 1.89. The molecule has 3 aromatic rings. The van der Waals surface area contributed by atoms with Crippen molar-refractivity contribution in [3.05, 3.63) is 90.2 Å². The fraction of sp³-hybridized carbons (Fsp3) is 0.167. The van der Waals surface area contributed by atoms with Crippen LogP contribution in [0.2, 0.25) is 0 Å². The molecule has 0 aliphatic carbocycles. The largest absolute Gasteiger partial charge is 0.497 e. The van der Waals surface area contributed by atoms with Gasteiger partial charge in [0.15, 0.2) is 6.10 Å². The molecule has 2 fully saturated rings. The lowest BCUT2D eigenvalue weighted by molar-refractivity contribution is -0.126. The molecule has 2 aliphatic heterocycles. The quantitative estimate of drug-likeness (QED) is 0.602. The number of benzene rings is 3. The fourth-order valence-corrected chi connectivity index (χ4v) is 4.20. The summed E-state index contributed by atoms with van der Waals surface area (Å²) in [5.74, 6) is -1.31. The molecule has 0 spiro atoms. The minimum atomic E-state index is -0.968. The molecule has 156 valence electrons. The lowest BCUT2D eigenvalue weighted by Gasteiger charge is -2.28. The Bertz CT molecular complexity index is 1120. The molecule has 0 N–H and O–H groups in total. The van der Waals surface area contributed by atoms with Crippen molar-refractivity contribution in [2.75, 3.05) is 17.1 Å². The number of hydrogen-bond donors (Lipinski definition) is 0. The molecule has 0 unspecified atom stereocenters. The van der Waals surface area contributed by atoms with Gasteiger partial charge >= 0.3 is 0 Å². The minimum Gasteiger partial charge on any atom is -0.497 e. The fourth-order valence-electron chi connectivity index (χ4n) is 4.20. The molecule has 7 heteroatoms. The van der Waals surface area contributed by atoms with Crippen molar-refractivity contribution in [2.45, 2.75) is 12.1 Å². The maximum atomic E-state index is 13.4. The minimum absolute atomic E-state index is 0.331. The highest BCUT2D eigenvalue weighted by Gasteiger charge is 2.60. The Morgan fingerprint density at radius 1 is 0.839 bits per heavy atom. The Morgan fingerprint density at radius 2 is 1.48 bits per heavy atom. The summed E-state index contributed by atoms with van der Waals surface area (Å²) in [7, 11) is 1.58. The normalized spacial score (nSPS) is 22.7. The third-order valence-electron chi connectivity index (χ3n) is 5.67. The molecule has 5 rings (SSSR count). The van der Waals surface area contributed by atoms with E-state index >= 15 is 0 Å². The van der Waals surface area contributed by atoms with Crippen molar-refractivity contribution in [1.82, 2.24) is 0 Å². The van der Waals surface area contributed by atoms with Crippen molar-refractivity contribution >= 4 is 23.2 Å². The van der Waals surface area contributed by atoms with Crippen LogP contribution in [0.5, 0.6) is 5.75 Å². The first-order chi connectivity index (χ1) is 15.1. The van der Waals surface area contributed by atoms with Gasteiger partial charge in [-0.25, -0.2) is 14.4 Å². The first-order valence-electron chi connectivity index (χ1n) is 9.87. The predicted molar refractivity (Wildman–Crippen MR) is 112 cm³/mol. The van der Waals surface area contributed by atoms with Crippen LogP contribution in [0, 0.1) is 11.7 Å². The monoisotopic (exact) mass is 418 g/mol. The smallest absolute Gasteiger partial charge is 0.266 e. The summed E-state index contributed by atoms with van der Waals surface area (Å²) in [6.45, 7) is 0. The molecule has 3 aromatic carbocycles. The van der Waals surface area contributed by atoms with Gasteiger partial charge in [0.05, 0.1) is 24.5 Å². The van der Waals surface area contributed by atoms with E-state index in [1.807, 2.05) is 42.5 Å². The maximum absolute atomic E-state index is 13.4. The number of carbonyl (C=O) groups is 2. The number of nitrogens with zero attached hydrogens (tertiary/aromatic N) is 2. The van der Waals surface area contributed by atoms with Crippen molar-refractivity contribution < 1.29 is 23.6 Å². The number of methoxy groups -OCH3 is 1. The number of imide groups is 1. The number of hydrogen-bond acceptors (Lipinski definition) is 5. The number of anilines is 2. The van der Waals surface area contributed by atoms with Gasteiger partial charge in [0.25, 0.3) is 5.91 Å². The molecule has 0 bridgehead atoms. The summed E-state index contributed by atoms with van der Waals surface area (Å²) < 4.78 is 18.6. The molecule has 31 heavy (non-hydrogen) atoms. The second-order valence-electron chi connectivity index (χ2n) is 7.42. The molecular formula is C24H19FN2O4. The number of fused-ring (bicyclic) bond motifs is 1. The lowest BCUT2D eigenvalue weighted by Crippen LogP contribution is -2.37. The van der Waals surface area contributed by atoms with Crippen molar-refractivity contribution in [2.24, 2.45) is 5.92 Å². The summed E-state index contributed by atoms with van der Waals surface area (Å²) in [6, 6.07) is 21.5. The van der Waals surface area contributed by atoms with Gasteiger partial charge in [0.2, 0.25) is 5.91 Å². The summed E-state index contributed by atoms with van der Waals surface area (Å²) >= 11 is 0. The highest BCUT2D eigenvalue weighted by Crippen LogP contribution is 2.47. The molecular weight excluding hydrogens is 399 g/mol. The van der Waals surface area contributed by atoms with E-state index in [4.69, 9.17) is 9.57 Å². The number of carbonyl (C=O) groups excluding carboxylic acids is 2. The van der Waals surface area contributed by atoms with Crippen LogP contribution in [0.25, 0.3) is 0 Å². The molecule has 0 saturated carbocycles. The van der Waals surface area contributed by atoms with Crippen molar-refractivity contribution in [3.8, 4) is 5.75 Å². The van der Waals surface area contributed by atoms with Gasteiger partial charge in [-0.15, -0.1) is 0 Å². The van der Waals surface area contributed by atoms with E-state index in [0.717, 1.165) is 10.5 Å². The van der Waals surface area contributed by atoms with E-state index in [9.17, 15) is 14.0 Å². The van der Waals surface area contributed by atoms with Gasteiger partial charge in [-0.1, -0.05) is 30.3 Å². The molecule has 2 heterocycles. The number of hydroxylamine groups is 1. The van der Waals surface area contributed by atoms with E-state index in [-0.39, 0.29) is 5.91 Å². The molecule has 6 nitrogen and oxygen atoms in total. The predicted octanol–water partition coefficient (Wildman–Crippen LogP) is 3.89. The Hall–Kier alpha value is -3.71. The first-order valence-corrected chi connectivity index (χ1v) is 9.87. The van der Waals surface area contributed by atoms with Crippen LogP contribution in [-0.2, 0) is 14.4 Å². The van der Waals surface area contributed by atoms with Crippen LogP contribution in [0.15, 0.2) is 78.9 Å². The first kappa shape index (κ1) is 19.3. The molecule has 2 amide bonds. The molecule has 3 atom stereocenters. The van der Waals surface area contributed by atoms with E-state index < -0.39 is 29.8 Å². The Balaban J connectivity index is 1.55. The van der Waals surface area contributed by atoms with Crippen LogP contribution in [0.1, 0.15) is 11.6 Å². The standard InChI is InChI=1S/C24H19FN2O4/c1-30-19-13-11-18(12-14-19)27-21(15-5-3-2-4-6-15)20-22(31-27)24(29)26(23(20)28)17-9-7-16(25)8-10-17/h2-14,20-22H,1H3/t20-,21+,22+/m1/s1. The van der Waals surface area contributed by atoms with Gasteiger partial charge in [0, 0.05) is 0 Å². The Morgan fingerprint density at radius 3 is 2.13 bits per heavy atom. The van der Waals surface area contributed by atoms with Crippen LogP contribution >= 0.6 is 0 Å². The van der Waals surface area contributed by atoms with Crippen molar-refractivity contribution in [1.29, 1.82) is 0 Å². The van der Waals surface area contributed by atoms with Gasteiger partial charge in [-0.05, 0) is 54.1 Å². The lowest BCUT2D eigenvalue weighted by atomic mass is 9.90. The van der Waals surface area contributed by atoms with Crippen LogP contribution < -0.4 is 14.7 Å². The topological polar surface area (TPSA) is 59.1 Å². The van der Waals surface area contributed by atoms with Crippen LogP contribution in [0.4, 0.5) is 15.8 Å². The molecule has 2 saturated heterocycles. The highest BCUT2D eigenvalue weighted by molar-refractivity contribution is 6.23. The summed E-state index contributed by atoms with van der Waals surface area (Å²) in [6.07, 6.45) is -0.968. The Labute approximate surface area is 178 Å². The third-order valence-corrected chi connectivity index (χ3v) is 5.67. The Kier molecular flexibility index (Phi) is 4.67. The second-order valence-corrected chi connectivity index (χ2v) is 7.42. The number of amides is 2. The highest BCUT2D eigenvalue weighted by atomic mass is 19.1. The summed E-state index contributed by atoms with van der Waals surface area (Å²) in [5, 5.41) is 1.63. The van der Waals surface area contributed by atoms with Crippen LogP contribution in [-0.4, -0.2) is 25.0 Å². The summed E-state index contributed by atoms with van der Waals surface area (Å²) in [4.78, 5) is 33.8. The van der Waals surface area contributed by atoms with Crippen molar-refractivity contribution in [3.63, 3.8) is 0 Å². The molecule has 0 radical (unpaired) electrons. The molecule has 2 aliphatic rings. The maximum Gasteiger partial charge on any atom is 0.266 e. The second kappa shape index (κ2) is 7.52. The molecule has 0 aromatic heterocycles. The van der Waals surface area contributed by atoms with E-state index in [1.54, 1.807) is 24.3 Å². The van der Waals surface area contributed by atoms with E-state index in [1.165, 1.54) is 24.3 Å². The average Bonchev–Trinajstić information content (AvgIpc) is 3.31. The van der Waals surface area contributed by atoms with Gasteiger partial charge in [-0.3, -0.25) is 14.4 Å². The third kappa shape index (κ3) is 3.14. The zero-order valence-electron chi connectivity index (χ0n) is 16.6. The number of halogens is 1. The number of ether oxygens (including phenoxy) is 1. The average molecular weight is 418 g/mol. The zero-order valence-corrected chi connectivity index (χ0v) is 16.6. The number of rotatable bonds is 4. The van der Waals surface area contributed by atoms with Gasteiger partial charge < -0.3 is 4.74 Å². The van der Waals surface area contributed by atoms with Gasteiger partial charge in [-0.2, -0.15) is 0 Å². The van der Waals surface area contributed by atoms with Crippen LogP contribution in [0.3, 0.4) is 0 Å². The van der Waals surface area contributed by atoms with Gasteiger partial charge in [0.1, 0.15) is 17.5 Å². The van der Waals surface area contributed by atoms with E-state index in [2.05, 4.69) is 0 Å². The van der Waals surface area contributed by atoms with E-state index in [0.29, 0.717) is 17.1 Å². The SMILES string of the molecule is COc1ccc(N2O[C@@H]3C(=O)N(c4ccc(F)cc4)C(=O)[C@@H]3[C@@H]2c2ccccc2)cc1. The zero-order chi connectivity index (χ0) is 21.5.